The lowest BCUT2D eigenvalue weighted by atomic mass is 10.1. The van der Waals surface area contributed by atoms with Crippen LogP contribution in [0.5, 0.6) is 0 Å². The first kappa shape index (κ1) is 15.1. The third-order valence-corrected chi connectivity index (χ3v) is 2.59. The predicted octanol–water partition coefficient (Wildman–Crippen LogP) is 1.99. The van der Waals surface area contributed by atoms with Crippen LogP contribution in [-0.2, 0) is 9.53 Å². The van der Waals surface area contributed by atoms with Gasteiger partial charge in [-0.1, -0.05) is 6.07 Å². The molecule has 0 aromatic heterocycles. The normalized spacial score (nSPS) is 10.4. The number of rotatable bonds is 4. The minimum Gasteiger partial charge on any atom is -0.468 e. The van der Waals surface area contributed by atoms with Crippen LogP contribution in [-0.4, -0.2) is 36.5 Å². The number of hydrogen-bond acceptors (Lipinski definition) is 3. The lowest BCUT2D eigenvalue weighted by molar-refractivity contribution is -0.141. The van der Waals surface area contributed by atoms with Crippen molar-refractivity contribution >= 4 is 11.9 Å². The standard InChI is InChI=1S/C13H15F2NO3/c1-8(2)16(7-11(17)19-3)13(18)12-9(14)5-4-6-10(12)15/h4-6,8H,7H2,1-3H3. The van der Waals surface area contributed by atoms with Crippen molar-refractivity contribution in [3.63, 3.8) is 0 Å². The fraction of sp³-hybridized carbons (Fsp3) is 0.385. The van der Waals surface area contributed by atoms with Crippen LogP contribution >= 0.6 is 0 Å². The molecular formula is C13H15F2NO3. The highest BCUT2D eigenvalue weighted by molar-refractivity contribution is 5.96. The first-order valence-corrected chi connectivity index (χ1v) is 5.70. The van der Waals surface area contributed by atoms with Crippen molar-refractivity contribution < 1.29 is 23.1 Å². The van der Waals surface area contributed by atoms with Gasteiger partial charge in [-0.25, -0.2) is 8.78 Å². The van der Waals surface area contributed by atoms with Crippen LogP contribution in [0.25, 0.3) is 0 Å². The van der Waals surface area contributed by atoms with Gasteiger partial charge in [0.05, 0.1) is 7.11 Å². The number of amides is 1. The van der Waals surface area contributed by atoms with E-state index >= 15 is 0 Å². The van der Waals surface area contributed by atoms with Gasteiger partial charge in [-0.2, -0.15) is 0 Å². The summed E-state index contributed by atoms with van der Waals surface area (Å²) in [5.74, 6) is -3.45. The number of benzene rings is 1. The molecule has 1 aromatic carbocycles. The summed E-state index contributed by atoms with van der Waals surface area (Å²) in [4.78, 5) is 24.4. The van der Waals surface area contributed by atoms with E-state index in [0.29, 0.717) is 0 Å². The second-order valence-corrected chi connectivity index (χ2v) is 4.20. The second-order valence-electron chi connectivity index (χ2n) is 4.20. The van der Waals surface area contributed by atoms with Crippen LogP contribution in [0.3, 0.4) is 0 Å². The van der Waals surface area contributed by atoms with E-state index in [9.17, 15) is 18.4 Å². The van der Waals surface area contributed by atoms with Crippen LogP contribution < -0.4 is 0 Å². The highest BCUT2D eigenvalue weighted by Gasteiger charge is 2.26. The van der Waals surface area contributed by atoms with E-state index in [1.165, 1.54) is 13.2 Å². The first-order chi connectivity index (χ1) is 8.88. The molecule has 0 heterocycles. The largest absolute Gasteiger partial charge is 0.468 e. The van der Waals surface area contributed by atoms with E-state index in [2.05, 4.69) is 4.74 Å². The predicted molar refractivity (Wildman–Crippen MR) is 64.5 cm³/mol. The van der Waals surface area contributed by atoms with E-state index in [1.54, 1.807) is 13.8 Å². The minimum atomic E-state index is -0.958. The monoisotopic (exact) mass is 271 g/mol. The molecule has 19 heavy (non-hydrogen) atoms. The number of carbonyl (C=O) groups excluding carboxylic acids is 2. The Labute approximate surface area is 110 Å². The van der Waals surface area contributed by atoms with E-state index in [4.69, 9.17) is 0 Å². The van der Waals surface area contributed by atoms with Crippen molar-refractivity contribution in [2.75, 3.05) is 13.7 Å². The number of methoxy groups -OCH3 is 1. The lowest BCUT2D eigenvalue weighted by Gasteiger charge is -2.25. The average molecular weight is 271 g/mol. The zero-order chi connectivity index (χ0) is 14.6. The molecule has 6 heteroatoms. The Balaban J connectivity index is 3.10. The average Bonchev–Trinajstić information content (AvgIpc) is 2.34. The molecule has 4 nitrogen and oxygen atoms in total. The molecule has 1 amide bonds. The highest BCUT2D eigenvalue weighted by atomic mass is 19.1. The lowest BCUT2D eigenvalue weighted by Crippen LogP contribution is -2.41. The molecule has 1 aromatic rings. The quantitative estimate of drug-likeness (QED) is 0.787. The van der Waals surface area contributed by atoms with Crippen LogP contribution in [0.1, 0.15) is 24.2 Å². The van der Waals surface area contributed by atoms with E-state index in [0.717, 1.165) is 17.0 Å². The molecule has 1 rings (SSSR count). The summed E-state index contributed by atoms with van der Waals surface area (Å²) in [6.45, 7) is 2.92. The molecule has 0 aliphatic carbocycles. The second kappa shape index (κ2) is 6.26. The number of nitrogens with zero attached hydrogens (tertiary/aromatic N) is 1. The van der Waals surface area contributed by atoms with Crippen LogP contribution in [0.4, 0.5) is 8.78 Å². The summed E-state index contributed by atoms with van der Waals surface area (Å²) in [5, 5.41) is 0. The molecule has 0 radical (unpaired) electrons. The number of ether oxygens (including phenoxy) is 1. The molecule has 0 aliphatic heterocycles. The zero-order valence-corrected chi connectivity index (χ0v) is 10.9. The summed E-state index contributed by atoms with van der Waals surface area (Å²) in [6.07, 6.45) is 0. The van der Waals surface area contributed by atoms with Gasteiger partial charge >= 0.3 is 5.97 Å². The van der Waals surface area contributed by atoms with Gasteiger partial charge in [0.2, 0.25) is 0 Å². The maximum Gasteiger partial charge on any atom is 0.325 e. The van der Waals surface area contributed by atoms with Crippen molar-refractivity contribution in [2.24, 2.45) is 0 Å². The SMILES string of the molecule is COC(=O)CN(C(=O)c1c(F)cccc1F)C(C)C. The van der Waals surface area contributed by atoms with E-state index < -0.39 is 35.1 Å². The van der Waals surface area contributed by atoms with Crippen LogP contribution in [0.2, 0.25) is 0 Å². The van der Waals surface area contributed by atoms with E-state index in [-0.39, 0.29) is 6.54 Å². The smallest absolute Gasteiger partial charge is 0.325 e. The molecule has 104 valence electrons. The van der Waals surface area contributed by atoms with Crippen LogP contribution in [0, 0.1) is 11.6 Å². The fourth-order valence-corrected chi connectivity index (χ4v) is 1.54. The maximum absolute atomic E-state index is 13.5. The van der Waals surface area contributed by atoms with Crippen molar-refractivity contribution in [3.8, 4) is 0 Å². The van der Waals surface area contributed by atoms with Gasteiger partial charge in [0.1, 0.15) is 23.7 Å². The van der Waals surface area contributed by atoms with Crippen molar-refractivity contribution in [1.29, 1.82) is 0 Å². The fourth-order valence-electron chi connectivity index (χ4n) is 1.54. The Morgan fingerprint density at radius 3 is 2.21 bits per heavy atom. The molecule has 0 atom stereocenters. The summed E-state index contributed by atoms with van der Waals surface area (Å²) in [6, 6.07) is 2.76. The van der Waals surface area contributed by atoms with Gasteiger partial charge < -0.3 is 9.64 Å². The number of hydrogen-bond donors (Lipinski definition) is 0. The van der Waals surface area contributed by atoms with Gasteiger partial charge in [-0.3, -0.25) is 9.59 Å². The summed E-state index contributed by atoms with van der Waals surface area (Å²) in [5.41, 5.74) is -0.667. The third-order valence-electron chi connectivity index (χ3n) is 2.59. The Morgan fingerprint density at radius 1 is 1.26 bits per heavy atom. The molecular weight excluding hydrogens is 256 g/mol. The molecule has 0 saturated heterocycles. The number of esters is 1. The molecule has 0 N–H and O–H groups in total. The minimum absolute atomic E-state index is 0.360. The summed E-state index contributed by atoms with van der Waals surface area (Å²) in [7, 11) is 1.18. The summed E-state index contributed by atoms with van der Waals surface area (Å²) < 4.78 is 31.5. The number of carbonyl (C=O) groups is 2. The molecule has 0 saturated carbocycles. The van der Waals surface area contributed by atoms with Gasteiger partial charge in [0.15, 0.2) is 0 Å². The molecule has 0 fully saturated rings. The molecule has 0 spiro atoms. The van der Waals surface area contributed by atoms with Gasteiger partial charge in [0.25, 0.3) is 5.91 Å². The maximum atomic E-state index is 13.5. The van der Waals surface area contributed by atoms with Gasteiger partial charge in [0, 0.05) is 6.04 Å². The van der Waals surface area contributed by atoms with Crippen molar-refractivity contribution in [1.82, 2.24) is 4.90 Å². The van der Waals surface area contributed by atoms with Gasteiger partial charge in [-0.05, 0) is 26.0 Å². The Hall–Kier alpha value is -1.98. The zero-order valence-electron chi connectivity index (χ0n) is 10.9. The van der Waals surface area contributed by atoms with Crippen molar-refractivity contribution in [2.45, 2.75) is 19.9 Å². The Bertz CT molecular complexity index is 469. The Kier molecular flexibility index (Phi) is 4.97. The van der Waals surface area contributed by atoms with Crippen LogP contribution in [0.15, 0.2) is 18.2 Å². The van der Waals surface area contributed by atoms with Crippen molar-refractivity contribution in [3.05, 3.63) is 35.4 Å². The topological polar surface area (TPSA) is 46.6 Å². The van der Waals surface area contributed by atoms with E-state index in [1.807, 2.05) is 0 Å². The molecule has 0 aliphatic rings. The summed E-state index contributed by atoms with van der Waals surface area (Å²) >= 11 is 0. The number of halogens is 2. The molecule has 0 unspecified atom stereocenters. The molecule has 0 bridgehead atoms. The first-order valence-electron chi connectivity index (χ1n) is 5.70. The third kappa shape index (κ3) is 3.49. The van der Waals surface area contributed by atoms with Gasteiger partial charge in [-0.15, -0.1) is 0 Å². The Morgan fingerprint density at radius 2 is 1.79 bits per heavy atom. The highest BCUT2D eigenvalue weighted by Crippen LogP contribution is 2.16.